The molecule has 1 aliphatic rings. The first-order valence-corrected chi connectivity index (χ1v) is 8.44. The third-order valence-corrected chi connectivity index (χ3v) is 4.43. The maximum absolute atomic E-state index is 3.42. The Morgan fingerprint density at radius 3 is 2.32 bits per heavy atom. The van der Waals surface area contributed by atoms with Crippen molar-refractivity contribution in [1.82, 2.24) is 10.2 Å². The highest BCUT2D eigenvalue weighted by Gasteiger charge is 2.14. The number of hydrogen-bond acceptors (Lipinski definition) is 2. The molecule has 0 aromatic rings. The molecule has 19 heavy (non-hydrogen) atoms. The van der Waals surface area contributed by atoms with Crippen LogP contribution in [0.2, 0.25) is 0 Å². The van der Waals surface area contributed by atoms with Gasteiger partial charge in [0.2, 0.25) is 0 Å². The minimum Gasteiger partial charge on any atom is -0.314 e. The van der Waals surface area contributed by atoms with Gasteiger partial charge in [-0.1, -0.05) is 47.0 Å². The van der Waals surface area contributed by atoms with Crippen molar-refractivity contribution < 1.29 is 0 Å². The van der Waals surface area contributed by atoms with Gasteiger partial charge >= 0.3 is 0 Å². The van der Waals surface area contributed by atoms with Crippen LogP contribution in [-0.4, -0.2) is 37.6 Å². The molecule has 0 aromatic carbocycles. The molecular formula is C17H36N2. The van der Waals surface area contributed by atoms with Gasteiger partial charge in [0.05, 0.1) is 0 Å². The van der Waals surface area contributed by atoms with Crippen LogP contribution in [0.4, 0.5) is 0 Å². The van der Waals surface area contributed by atoms with E-state index in [1.807, 2.05) is 0 Å². The van der Waals surface area contributed by atoms with Crippen LogP contribution in [0.5, 0.6) is 0 Å². The van der Waals surface area contributed by atoms with Gasteiger partial charge in [-0.25, -0.2) is 0 Å². The smallest absolute Gasteiger partial charge is 0.0107 e. The van der Waals surface area contributed by atoms with Gasteiger partial charge in [-0.3, -0.25) is 0 Å². The average molecular weight is 268 g/mol. The van der Waals surface area contributed by atoms with Crippen LogP contribution in [0.3, 0.4) is 0 Å². The predicted octanol–water partition coefficient (Wildman–Crippen LogP) is 3.91. The third kappa shape index (κ3) is 8.65. The first kappa shape index (κ1) is 17.0. The molecule has 0 spiro atoms. The minimum absolute atomic E-state index is 0.508. The second-order valence-electron chi connectivity index (χ2n) is 7.46. The van der Waals surface area contributed by atoms with Gasteiger partial charge in [0, 0.05) is 26.2 Å². The summed E-state index contributed by atoms with van der Waals surface area (Å²) in [7, 11) is 0. The highest BCUT2D eigenvalue weighted by atomic mass is 15.2. The third-order valence-electron chi connectivity index (χ3n) is 4.43. The summed E-state index contributed by atoms with van der Waals surface area (Å²) in [5, 5.41) is 3.42. The maximum atomic E-state index is 3.42. The Morgan fingerprint density at radius 2 is 1.74 bits per heavy atom. The zero-order chi connectivity index (χ0) is 14.1. The number of nitrogens with zero attached hydrogens (tertiary/aromatic N) is 1. The standard InChI is InChI=1S/C17H36N2/c1-5-16(9-10-17(2,3)4)8-6-7-13-19-14-11-18-12-15-19/h16,18H,5-15H2,1-4H3/t16-/m1/s1. The minimum atomic E-state index is 0.508. The molecule has 0 saturated carbocycles. The summed E-state index contributed by atoms with van der Waals surface area (Å²) in [6.45, 7) is 15.6. The van der Waals surface area contributed by atoms with Crippen molar-refractivity contribution in [2.75, 3.05) is 32.7 Å². The molecule has 0 aliphatic carbocycles. The first-order chi connectivity index (χ1) is 9.01. The van der Waals surface area contributed by atoms with Crippen molar-refractivity contribution >= 4 is 0 Å². The summed E-state index contributed by atoms with van der Waals surface area (Å²) in [6, 6.07) is 0. The Morgan fingerprint density at radius 1 is 1.05 bits per heavy atom. The Balaban J connectivity index is 2.05. The molecule has 0 radical (unpaired) electrons. The van der Waals surface area contributed by atoms with Gasteiger partial charge in [0.25, 0.3) is 0 Å². The van der Waals surface area contributed by atoms with Crippen LogP contribution in [0, 0.1) is 11.3 Å². The van der Waals surface area contributed by atoms with Gasteiger partial charge in [0.1, 0.15) is 0 Å². The number of piperazine rings is 1. The molecule has 1 saturated heterocycles. The van der Waals surface area contributed by atoms with E-state index in [9.17, 15) is 0 Å². The highest BCUT2D eigenvalue weighted by molar-refractivity contribution is 4.69. The molecule has 0 aromatic heterocycles. The predicted molar refractivity (Wildman–Crippen MR) is 85.6 cm³/mol. The summed E-state index contributed by atoms with van der Waals surface area (Å²) in [5.41, 5.74) is 0.508. The SMILES string of the molecule is CC[C@H](CCCCN1CCNCC1)CCC(C)(C)C. The molecule has 1 atom stereocenters. The van der Waals surface area contributed by atoms with Crippen molar-refractivity contribution in [2.45, 2.75) is 66.2 Å². The topological polar surface area (TPSA) is 15.3 Å². The lowest BCUT2D eigenvalue weighted by Gasteiger charge is -2.27. The number of rotatable bonds is 8. The molecule has 1 rings (SSSR count). The molecule has 0 unspecified atom stereocenters. The molecule has 0 amide bonds. The van der Waals surface area contributed by atoms with E-state index in [2.05, 4.69) is 37.9 Å². The van der Waals surface area contributed by atoms with Crippen LogP contribution < -0.4 is 5.32 Å². The maximum Gasteiger partial charge on any atom is 0.0107 e. The average Bonchev–Trinajstić information content (AvgIpc) is 2.38. The monoisotopic (exact) mass is 268 g/mol. The van der Waals surface area contributed by atoms with E-state index in [1.165, 1.54) is 71.2 Å². The van der Waals surface area contributed by atoms with Crippen molar-refractivity contribution in [3.8, 4) is 0 Å². The van der Waals surface area contributed by atoms with Crippen LogP contribution in [0.1, 0.15) is 66.2 Å². The summed E-state index contributed by atoms with van der Waals surface area (Å²) in [5.74, 6) is 0.960. The molecule has 1 fully saturated rings. The van der Waals surface area contributed by atoms with E-state index in [1.54, 1.807) is 0 Å². The van der Waals surface area contributed by atoms with E-state index < -0.39 is 0 Å². The molecule has 1 aliphatic heterocycles. The second-order valence-corrected chi connectivity index (χ2v) is 7.46. The zero-order valence-corrected chi connectivity index (χ0v) is 13.8. The molecule has 1 heterocycles. The largest absolute Gasteiger partial charge is 0.314 e. The number of hydrogen-bond donors (Lipinski definition) is 1. The molecule has 0 bridgehead atoms. The lowest BCUT2D eigenvalue weighted by molar-refractivity contribution is 0.232. The molecule has 2 heteroatoms. The van der Waals surface area contributed by atoms with Gasteiger partial charge in [0.15, 0.2) is 0 Å². The van der Waals surface area contributed by atoms with E-state index in [-0.39, 0.29) is 0 Å². The lowest BCUT2D eigenvalue weighted by atomic mass is 9.84. The fourth-order valence-corrected chi connectivity index (χ4v) is 2.89. The van der Waals surface area contributed by atoms with Crippen molar-refractivity contribution in [3.05, 3.63) is 0 Å². The number of unbranched alkanes of at least 4 members (excludes halogenated alkanes) is 1. The summed E-state index contributed by atoms with van der Waals surface area (Å²) in [4.78, 5) is 2.62. The molecule has 1 N–H and O–H groups in total. The normalized spacial score (nSPS) is 19.6. The van der Waals surface area contributed by atoms with Gasteiger partial charge in [-0.2, -0.15) is 0 Å². The fourth-order valence-electron chi connectivity index (χ4n) is 2.89. The molecule has 2 nitrogen and oxygen atoms in total. The summed E-state index contributed by atoms with van der Waals surface area (Å²) < 4.78 is 0. The van der Waals surface area contributed by atoms with Crippen molar-refractivity contribution in [3.63, 3.8) is 0 Å². The van der Waals surface area contributed by atoms with Crippen LogP contribution in [0.25, 0.3) is 0 Å². The highest BCUT2D eigenvalue weighted by Crippen LogP contribution is 2.27. The number of nitrogens with one attached hydrogen (secondary N) is 1. The molecule has 114 valence electrons. The van der Waals surface area contributed by atoms with E-state index in [4.69, 9.17) is 0 Å². The molecular weight excluding hydrogens is 232 g/mol. The van der Waals surface area contributed by atoms with E-state index >= 15 is 0 Å². The van der Waals surface area contributed by atoms with E-state index in [0.717, 1.165) is 5.92 Å². The zero-order valence-electron chi connectivity index (χ0n) is 13.8. The quantitative estimate of drug-likeness (QED) is 0.671. The Bertz CT molecular complexity index is 214. The van der Waals surface area contributed by atoms with Crippen molar-refractivity contribution in [1.29, 1.82) is 0 Å². The van der Waals surface area contributed by atoms with Crippen LogP contribution >= 0.6 is 0 Å². The summed E-state index contributed by atoms with van der Waals surface area (Å²) in [6.07, 6.45) is 8.43. The van der Waals surface area contributed by atoms with Crippen molar-refractivity contribution in [2.24, 2.45) is 11.3 Å². The fraction of sp³-hybridized carbons (Fsp3) is 1.00. The van der Waals surface area contributed by atoms with Gasteiger partial charge < -0.3 is 10.2 Å². The Hall–Kier alpha value is -0.0800. The van der Waals surface area contributed by atoms with Gasteiger partial charge in [-0.15, -0.1) is 0 Å². The van der Waals surface area contributed by atoms with Crippen LogP contribution in [-0.2, 0) is 0 Å². The first-order valence-electron chi connectivity index (χ1n) is 8.44. The van der Waals surface area contributed by atoms with E-state index in [0.29, 0.717) is 5.41 Å². The van der Waals surface area contributed by atoms with Crippen LogP contribution in [0.15, 0.2) is 0 Å². The van der Waals surface area contributed by atoms with Gasteiger partial charge in [-0.05, 0) is 37.1 Å². The Kier molecular flexibility index (Phi) is 8.01. The summed E-state index contributed by atoms with van der Waals surface area (Å²) >= 11 is 0. The Labute approximate surface area is 121 Å². The second kappa shape index (κ2) is 8.97. The lowest BCUT2D eigenvalue weighted by Crippen LogP contribution is -2.43.